The van der Waals surface area contributed by atoms with Crippen molar-refractivity contribution in [3.8, 4) is 0 Å². The molecule has 0 spiro atoms. The Balaban J connectivity index is 3.09. The molecule has 0 saturated heterocycles. The van der Waals surface area contributed by atoms with Gasteiger partial charge in [-0.15, -0.1) is 0 Å². The number of hydrogen-bond donors (Lipinski definition) is 0. The van der Waals surface area contributed by atoms with E-state index in [1.165, 1.54) is 7.11 Å². The normalized spacial score (nSPS) is 24.4. The van der Waals surface area contributed by atoms with E-state index in [1.807, 2.05) is 0 Å². The number of carbonyl (C=O) groups excluding carboxylic acids is 2. The van der Waals surface area contributed by atoms with Gasteiger partial charge in [0, 0.05) is 26.6 Å². The summed E-state index contributed by atoms with van der Waals surface area (Å²) >= 11 is 0. The second-order valence-electron chi connectivity index (χ2n) is 4.34. The van der Waals surface area contributed by atoms with E-state index >= 15 is 0 Å². The van der Waals surface area contributed by atoms with E-state index in [2.05, 4.69) is 0 Å². The number of esters is 2. The van der Waals surface area contributed by atoms with Gasteiger partial charge in [-0.3, -0.25) is 9.59 Å². The van der Waals surface area contributed by atoms with Gasteiger partial charge in [0.2, 0.25) is 11.9 Å². The monoisotopic (exact) mass is 298 g/mol. The molecule has 1 aliphatic rings. The Kier molecular flexibility index (Phi) is 6.58. The van der Waals surface area contributed by atoms with E-state index in [0.717, 1.165) is 0 Å². The summed E-state index contributed by atoms with van der Waals surface area (Å²) in [6.45, 7) is 5.50. The van der Waals surface area contributed by atoms with Gasteiger partial charge in [-0.1, -0.05) is 19.9 Å². The van der Waals surface area contributed by atoms with Crippen LogP contribution in [0.15, 0.2) is 24.0 Å². The van der Waals surface area contributed by atoms with Gasteiger partial charge in [0.25, 0.3) is 0 Å². The quantitative estimate of drug-likeness (QED) is 0.529. The van der Waals surface area contributed by atoms with Crippen LogP contribution in [0.5, 0.6) is 0 Å². The van der Waals surface area contributed by atoms with E-state index < -0.39 is 23.8 Å². The maximum Gasteiger partial charge on any atom is 0.310 e. The maximum atomic E-state index is 11.7. The molecule has 0 N–H and O–H groups in total. The van der Waals surface area contributed by atoms with Crippen LogP contribution in [0.4, 0.5) is 0 Å². The molecule has 0 bridgehead atoms. The van der Waals surface area contributed by atoms with Crippen molar-refractivity contribution >= 4 is 11.9 Å². The molecule has 6 heteroatoms. The highest BCUT2D eigenvalue weighted by atomic mass is 16.7. The minimum atomic E-state index is -1.29. The zero-order valence-electron chi connectivity index (χ0n) is 12.9. The molecule has 2 atom stereocenters. The lowest BCUT2D eigenvalue weighted by atomic mass is 10.0. The van der Waals surface area contributed by atoms with Gasteiger partial charge in [0.05, 0.1) is 0 Å². The molecule has 0 heterocycles. The lowest BCUT2D eigenvalue weighted by molar-refractivity contribution is -0.245. The SMILES string of the molecule is CCOC1(OC)C=CC=C(OC(=O)CC)C1OC(=O)CC. The van der Waals surface area contributed by atoms with Crippen LogP contribution in [-0.4, -0.2) is 37.5 Å². The largest absolute Gasteiger partial charge is 0.448 e. The molecule has 0 aromatic carbocycles. The van der Waals surface area contributed by atoms with Gasteiger partial charge < -0.3 is 18.9 Å². The molecular weight excluding hydrogens is 276 g/mol. The molecule has 0 radical (unpaired) electrons. The fourth-order valence-corrected chi connectivity index (χ4v) is 1.88. The van der Waals surface area contributed by atoms with E-state index in [9.17, 15) is 9.59 Å². The van der Waals surface area contributed by atoms with E-state index in [0.29, 0.717) is 6.61 Å². The molecule has 0 saturated carbocycles. The zero-order chi connectivity index (χ0) is 15.9. The Bertz CT molecular complexity index is 439. The number of rotatable bonds is 7. The Hall–Kier alpha value is -1.66. The van der Waals surface area contributed by atoms with E-state index in [-0.39, 0.29) is 18.6 Å². The molecule has 2 unspecified atom stereocenters. The fourth-order valence-electron chi connectivity index (χ4n) is 1.88. The summed E-state index contributed by atoms with van der Waals surface area (Å²) in [5.41, 5.74) is 0. The van der Waals surface area contributed by atoms with Crippen molar-refractivity contribution < 1.29 is 28.5 Å². The number of allylic oxidation sites excluding steroid dienone is 2. The second-order valence-corrected chi connectivity index (χ2v) is 4.34. The van der Waals surface area contributed by atoms with Gasteiger partial charge in [-0.2, -0.15) is 0 Å². The van der Waals surface area contributed by atoms with Crippen LogP contribution in [0, 0.1) is 0 Å². The van der Waals surface area contributed by atoms with E-state index in [4.69, 9.17) is 18.9 Å². The Morgan fingerprint density at radius 2 is 1.86 bits per heavy atom. The topological polar surface area (TPSA) is 71.1 Å². The van der Waals surface area contributed by atoms with Crippen LogP contribution in [0.25, 0.3) is 0 Å². The van der Waals surface area contributed by atoms with Gasteiger partial charge in [0.1, 0.15) is 0 Å². The van der Waals surface area contributed by atoms with Crippen molar-refractivity contribution in [3.05, 3.63) is 24.0 Å². The predicted molar refractivity (Wildman–Crippen MR) is 75.1 cm³/mol. The molecule has 0 amide bonds. The van der Waals surface area contributed by atoms with Gasteiger partial charge in [-0.25, -0.2) is 0 Å². The number of carbonyl (C=O) groups is 2. The van der Waals surface area contributed by atoms with Crippen molar-refractivity contribution in [2.24, 2.45) is 0 Å². The highest BCUT2D eigenvalue weighted by Crippen LogP contribution is 2.32. The van der Waals surface area contributed by atoms with Crippen LogP contribution >= 0.6 is 0 Å². The molecule has 0 aliphatic heterocycles. The van der Waals surface area contributed by atoms with Crippen molar-refractivity contribution in [3.63, 3.8) is 0 Å². The van der Waals surface area contributed by atoms with Crippen LogP contribution in [0.1, 0.15) is 33.6 Å². The van der Waals surface area contributed by atoms with Crippen molar-refractivity contribution in [2.45, 2.75) is 45.5 Å². The van der Waals surface area contributed by atoms with Crippen LogP contribution < -0.4 is 0 Å². The maximum absolute atomic E-state index is 11.7. The highest BCUT2D eigenvalue weighted by Gasteiger charge is 2.46. The fraction of sp³-hybridized carbons (Fsp3) is 0.600. The summed E-state index contributed by atoms with van der Waals surface area (Å²) in [6.07, 6.45) is 4.29. The summed E-state index contributed by atoms with van der Waals surface area (Å²) in [7, 11) is 1.44. The molecule has 6 nitrogen and oxygen atoms in total. The van der Waals surface area contributed by atoms with Gasteiger partial charge >= 0.3 is 11.9 Å². The van der Waals surface area contributed by atoms with Crippen molar-refractivity contribution in [1.29, 1.82) is 0 Å². The molecule has 1 aliphatic carbocycles. The standard InChI is InChI=1S/C15H22O6/c1-5-12(16)20-11-9-8-10-15(18-4,19-7-3)14(11)21-13(17)6-2/h8-10,14H,5-7H2,1-4H3. The first-order valence-electron chi connectivity index (χ1n) is 7.01. The number of ether oxygens (including phenoxy) is 4. The lowest BCUT2D eigenvalue weighted by Gasteiger charge is -2.37. The minimum absolute atomic E-state index is 0.196. The smallest absolute Gasteiger partial charge is 0.310 e. The number of methoxy groups -OCH3 is 1. The minimum Gasteiger partial charge on any atom is -0.448 e. The summed E-state index contributed by atoms with van der Waals surface area (Å²) in [5.74, 6) is -1.95. The first kappa shape index (κ1) is 17.4. The summed E-state index contributed by atoms with van der Waals surface area (Å²) in [6, 6.07) is 0. The summed E-state index contributed by atoms with van der Waals surface area (Å²) in [5, 5.41) is 0. The molecular formula is C15H22O6. The summed E-state index contributed by atoms with van der Waals surface area (Å²) in [4.78, 5) is 23.2. The second kappa shape index (κ2) is 7.95. The van der Waals surface area contributed by atoms with Crippen LogP contribution in [0.2, 0.25) is 0 Å². The van der Waals surface area contributed by atoms with Crippen LogP contribution in [0.3, 0.4) is 0 Å². The Morgan fingerprint density at radius 3 is 2.38 bits per heavy atom. The average molecular weight is 298 g/mol. The molecule has 0 fully saturated rings. The third kappa shape index (κ3) is 4.15. The third-order valence-electron chi connectivity index (χ3n) is 2.96. The Labute approximate surface area is 124 Å². The van der Waals surface area contributed by atoms with Crippen LogP contribution in [-0.2, 0) is 28.5 Å². The van der Waals surface area contributed by atoms with Gasteiger partial charge in [-0.05, 0) is 19.1 Å². The van der Waals surface area contributed by atoms with Crippen molar-refractivity contribution in [1.82, 2.24) is 0 Å². The first-order chi connectivity index (χ1) is 10.0. The molecule has 118 valence electrons. The predicted octanol–water partition coefficient (Wildman–Crippen LogP) is 2.09. The van der Waals surface area contributed by atoms with E-state index in [1.54, 1.807) is 39.0 Å². The zero-order valence-corrected chi connectivity index (χ0v) is 12.9. The average Bonchev–Trinajstić information content (AvgIpc) is 2.50. The van der Waals surface area contributed by atoms with Gasteiger partial charge in [0.15, 0.2) is 5.76 Å². The third-order valence-corrected chi connectivity index (χ3v) is 2.96. The molecule has 0 aromatic rings. The molecule has 1 rings (SSSR count). The summed E-state index contributed by atoms with van der Waals surface area (Å²) < 4.78 is 21.6. The lowest BCUT2D eigenvalue weighted by Crippen LogP contribution is -2.50. The highest BCUT2D eigenvalue weighted by molar-refractivity contribution is 5.71. The number of hydrogen-bond acceptors (Lipinski definition) is 6. The van der Waals surface area contributed by atoms with Crippen molar-refractivity contribution in [2.75, 3.05) is 13.7 Å². The molecule has 21 heavy (non-hydrogen) atoms. The Morgan fingerprint density at radius 1 is 1.19 bits per heavy atom. The molecule has 0 aromatic heterocycles. The first-order valence-corrected chi connectivity index (χ1v) is 7.01.